The van der Waals surface area contributed by atoms with E-state index in [-0.39, 0.29) is 5.78 Å². The van der Waals surface area contributed by atoms with Gasteiger partial charge in [0.05, 0.1) is 11.4 Å². The van der Waals surface area contributed by atoms with Crippen molar-refractivity contribution in [3.8, 4) is 11.3 Å². The Labute approximate surface area is 123 Å². The molecule has 3 nitrogen and oxygen atoms in total. The van der Waals surface area contributed by atoms with Crippen molar-refractivity contribution in [3.05, 3.63) is 84.1 Å². The zero-order valence-electron chi connectivity index (χ0n) is 11.4. The summed E-state index contributed by atoms with van der Waals surface area (Å²) in [6.45, 7) is 0. The van der Waals surface area contributed by atoms with Crippen LogP contribution in [0.5, 0.6) is 0 Å². The topological polar surface area (TPSA) is 45.8 Å². The Hall–Kier alpha value is -2.94. The number of ketones is 1. The fourth-order valence-electron chi connectivity index (χ4n) is 2.04. The van der Waals surface area contributed by atoms with Crippen LogP contribution in [0, 0.1) is 0 Å². The summed E-state index contributed by atoms with van der Waals surface area (Å²) in [5.74, 6) is -0.0218. The van der Waals surface area contributed by atoms with Gasteiger partial charge in [0.1, 0.15) is 0 Å². The van der Waals surface area contributed by atoms with Gasteiger partial charge in [0.25, 0.3) is 0 Å². The zero-order valence-corrected chi connectivity index (χ0v) is 11.4. The smallest absolute Gasteiger partial charge is 0.185 e. The van der Waals surface area contributed by atoms with Gasteiger partial charge < -0.3 is 0 Å². The Kier molecular flexibility index (Phi) is 3.74. The highest BCUT2D eigenvalue weighted by Gasteiger charge is 2.03. The number of hydrogen-bond acceptors (Lipinski definition) is 2. The van der Waals surface area contributed by atoms with Crippen molar-refractivity contribution >= 4 is 11.9 Å². The number of hydrogen-bond donors (Lipinski definition) is 1. The van der Waals surface area contributed by atoms with Gasteiger partial charge in [0.2, 0.25) is 0 Å². The van der Waals surface area contributed by atoms with Crippen LogP contribution in [0.2, 0.25) is 0 Å². The van der Waals surface area contributed by atoms with Crippen LogP contribution >= 0.6 is 0 Å². The lowest BCUT2D eigenvalue weighted by Crippen LogP contribution is -1.92. The molecule has 3 rings (SSSR count). The molecule has 3 heteroatoms. The monoisotopic (exact) mass is 274 g/mol. The van der Waals surface area contributed by atoms with E-state index >= 15 is 0 Å². The molecule has 1 heterocycles. The Morgan fingerprint density at radius 3 is 2.33 bits per heavy atom. The highest BCUT2D eigenvalue weighted by atomic mass is 16.1. The van der Waals surface area contributed by atoms with Crippen molar-refractivity contribution in [2.45, 2.75) is 0 Å². The predicted octanol–water partition coefficient (Wildman–Crippen LogP) is 3.97. The van der Waals surface area contributed by atoms with Crippen LogP contribution in [-0.2, 0) is 0 Å². The molecular formula is C18H14N2O. The van der Waals surface area contributed by atoms with E-state index in [0.29, 0.717) is 5.56 Å². The Morgan fingerprint density at radius 1 is 0.952 bits per heavy atom. The molecule has 0 atom stereocenters. The maximum Gasteiger partial charge on any atom is 0.185 e. The summed E-state index contributed by atoms with van der Waals surface area (Å²) in [6, 6.07) is 21.0. The maximum absolute atomic E-state index is 12.0. The Bertz CT molecular complexity index is 758. The van der Waals surface area contributed by atoms with Gasteiger partial charge in [-0.25, -0.2) is 0 Å². The molecule has 0 saturated carbocycles. The van der Waals surface area contributed by atoms with Gasteiger partial charge >= 0.3 is 0 Å². The molecule has 0 aliphatic carbocycles. The zero-order chi connectivity index (χ0) is 14.5. The van der Waals surface area contributed by atoms with Crippen LogP contribution in [0.1, 0.15) is 16.1 Å². The molecule has 0 spiro atoms. The van der Waals surface area contributed by atoms with Crippen LogP contribution in [0.15, 0.2) is 72.8 Å². The van der Waals surface area contributed by atoms with Gasteiger partial charge in [0, 0.05) is 11.1 Å². The minimum atomic E-state index is -0.0218. The van der Waals surface area contributed by atoms with Gasteiger partial charge in [-0.3, -0.25) is 9.89 Å². The second-order valence-electron chi connectivity index (χ2n) is 4.64. The summed E-state index contributed by atoms with van der Waals surface area (Å²) in [5, 5.41) is 7.17. The summed E-state index contributed by atoms with van der Waals surface area (Å²) in [4.78, 5) is 12.0. The first-order chi connectivity index (χ1) is 10.3. The van der Waals surface area contributed by atoms with Crippen molar-refractivity contribution in [1.29, 1.82) is 0 Å². The predicted molar refractivity (Wildman–Crippen MR) is 83.8 cm³/mol. The van der Waals surface area contributed by atoms with E-state index in [1.54, 1.807) is 24.3 Å². The maximum atomic E-state index is 12.0. The number of rotatable bonds is 4. The Balaban J connectivity index is 1.76. The lowest BCUT2D eigenvalue weighted by Gasteiger charge is -1.93. The molecule has 0 saturated heterocycles. The SMILES string of the molecule is O=C(/C=C/c1cc(-c2ccccc2)n[nH]1)c1ccccc1. The highest BCUT2D eigenvalue weighted by molar-refractivity contribution is 6.06. The van der Waals surface area contributed by atoms with E-state index in [1.165, 1.54) is 0 Å². The molecule has 1 aromatic heterocycles. The molecule has 0 radical (unpaired) electrons. The van der Waals surface area contributed by atoms with E-state index in [1.807, 2.05) is 54.6 Å². The van der Waals surface area contributed by atoms with E-state index < -0.39 is 0 Å². The van der Waals surface area contributed by atoms with Crippen LogP contribution in [-0.4, -0.2) is 16.0 Å². The number of allylic oxidation sites excluding steroid dienone is 1. The van der Waals surface area contributed by atoms with Gasteiger partial charge in [-0.1, -0.05) is 60.7 Å². The molecule has 0 unspecified atom stereocenters. The van der Waals surface area contributed by atoms with Crippen molar-refractivity contribution in [2.75, 3.05) is 0 Å². The van der Waals surface area contributed by atoms with Crippen molar-refractivity contribution in [3.63, 3.8) is 0 Å². The molecule has 0 aliphatic rings. The van der Waals surface area contributed by atoms with E-state index in [0.717, 1.165) is 17.0 Å². The Morgan fingerprint density at radius 2 is 1.62 bits per heavy atom. The summed E-state index contributed by atoms with van der Waals surface area (Å²) < 4.78 is 0. The van der Waals surface area contributed by atoms with Crippen molar-refractivity contribution in [2.24, 2.45) is 0 Å². The average molecular weight is 274 g/mol. The third-order valence-electron chi connectivity index (χ3n) is 3.14. The number of nitrogens with one attached hydrogen (secondary N) is 1. The van der Waals surface area contributed by atoms with Gasteiger partial charge in [-0.2, -0.15) is 5.10 Å². The number of carbonyl (C=O) groups is 1. The molecule has 0 bridgehead atoms. The molecule has 0 aliphatic heterocycles. The fourth-order valence-corrected chi connectivity index (χ4v) is 2.04. The number of aromatic nitrogens is 2. The normalized spacial score (nSPS) is 10.9. The molecule has 2 aromatic carbocycles. The van der Waals surface area contributed by atoms with Gasteiger partial charge in [-0.15, -0.1) is 0 Å². The van der Waals surface area contributed by atoms with Crippen molar-refractivity contribution < 1.29 is 4.79 Å². The first kappa shape index (κ1) is 13.1. The van der Waals surface area contributed by atoms with Crippen LogP contribution < -0.4 is 0 Å². The first-order valence-corrected chi connectivity index (χ1v) is 6.71. The lowest BCUT2D eigenvalue weighted by atomic mass is 10.1. The average Bonchev–Trinajstić information content (AvgIpc) is 3.03. The summed E-state index contributed by atoms with van der Waals surface area (Å²) in [6.07, 6.45) is 3.30. The molecule has 0 fully saturated rings. The molecule has 102 valence electrons. The molecule has 0 amide bonds. The van der Waals surface area contributed by atoms with E-state index in [4.69, 9.17) is 0 Å². The lowest BCUT2D eigenvalue weighted by molar-refractivity contribution is 0.104. The van der Waals surface area contributed by atoms with Crippen LogP contribution in [0.4, 0.5) is 0 Å². The number of benzene rings is 2. The number of carbonyl (C=O) groups excluding carboxylic acids is 1. The van der Waals surface area contributed by atoms with Crippen LogP contribution in [0.3, 0.4) is 0 Å². The summed E-state index contributed by atoms with van der Waals surface area (Å²) in [7, 11) is 0. The first-order valence-electron chi connectivity index (χ1n) is 6.71. The third-order valence-corrected chi connectivity index (χ3v) is 3.14. The minimum absolute atomic E-state index is 0.0218. The molecular weight excluding hydrogens is 260 g/mol. The standard InChI is InChI=1S/C18H14N2O/c21-18(15-9-5-2-6-10-15)12-11-16-13-17(20-19-16)14-7-3-1-4-8-14/h1-13H,(H,19,20)/b12-11+. The fraction of sp³-hybridized carbons (Fsp3) is 0. The molecule has 21 heavy (non-hydrogen) atoms. The van der Waals surface area contributed by atoms with Crippen molar-refractivity contribution in [1.82, 2.24) is 10.2 Å². The largest absolute Gasteiger partial charge is 0.289 e. The van der Waals surface area contributed by atoms with Crippen LogP contribution in [0.25, 0.3) is 17.3 Å². The second kappa shape index (κ2) is 6.01. The van der Waals surface area contributed by atoms with E-state index in [2.05, 4.69) is 10.2 Å². The number of H-pyrrole nitrogens is 1. The number of aromatic amines is 1. The summed E-state index contributed by atoms with van der Waals surface area (Å²) >= 11 is 0. The highest BCUT2D eigenvalue weighted by Crippen LogP contribution is 2.17. The third kappa shape index (κ3) is 3.15. The summed E-state index contributed by atoms with van der Waals surface area (Å²) in [5.41, 5.74) is 3.39. The molecule has 3 aromatic rings. The minimum Gasteiger partial charge on any atom is -0.289 e. The quantitative estimate of drug-likeness (QED) is 0.578. The van der Waals surface area contributed by atoms with E-state index in [9.17, 15) is 4.79 Å². The second-order valence-corrected chi connectivity index (χ2v) is 4.64. The molecule has 1 N–H and O–H groups in total. The van der Waals surface area contributed by atoms with Gasteiger partial charge in [-0.05, 0) is 18.2 Å². The number of nitrogens with zero attached hydrogens (tertiary/aromatic N) is 1. The van der Waals surface area contributed by atoms with Gasteiger partial charge in [0.15, 0.2) is 5.78 Å².